The summed E-state index contributed by atoms with van der Waals surface area (Å²) in [7, 11) is 0. The molecule has 1 amide bonds. The number of carbonyl (C=O) groups is 1. The number of amides is 1. The maximum absolute atomic E-state index is 11.5. The molecule has 1 aliphatic heterocycles. The molecule has 15 heavy (non-hydrogen) atoms. The Balaban J connectivity index is 2.98. The third-order valence-electron chi connectivity index (χ3n) is 2.29. The molecular formula is C12H17NO2. The lowest BCUT2D eigenvalue weighted by molar-refractivity contribution is -0.140. The number of allylic oxidation sites excluding steroid dienone is 3. The Bertz CT molecular complexity index is 362. The number of ether oxygens (including phenoxy) is 1. The van der Waals surface area contributed by atoms with E-state index >= 15 is 0 Å². The van der Waals surface area contributed by atoms with E-state index in [0.29, 0.717) is 11.5 Å². The van der Waals surface area contributed by atoms with Crippen LogP contribution in [0, 0.1) is 0 Å². The van der Waals surface area contributed by atoms with Gasteiger partial charge in [-0.05, 0) is 33.8 Å². The van der Waals surface area contributed by atoms with Gasteiger partial charge in [0.1, 0.15) is 5.76 Å². The molecule has 0 radical (unpaired) electrons. The van der Waals surface area contributed by atoms with Gasteiger partial charge in [0.25, 0.3) is 5.91 Å². The molecule has 0 aromatic carbocycles. The van der Waals surface area contributed by atoms with Gasteiger partial charge in [0.05, 0.1) is 5.70 Å². The second kappa shape index (κ2) is 3.93. The van der Waals surface area contributed by atoms with Gasteiger partial charge >= 0.3 is 0 Å². The topological polar surface area (TPSA) is 38.3 Å². The summed E-state index contributed by atoms with van der Waals surface area (Å²) in [6.45, 7) is 11.1. The maximum Gasteiger partial charge on any atom is 0.268 e. The summed E-state index contributed by atoms with van der Waals surface area (Å²) < 4.78 is 5.58. The van der Waals surface area contributed by atoms with Gasteiger partial charge in [-0.15, -0.1) is 0 Å². The quantitative estimate of drug-likeness (QED) is 0.716. The second-order valence-corrected chi connectivity index (χ2v) is 4.09. The van der Waals surface area contributed by atoms with Crippen molar-refractivity contribution in [2.45, 2.75) is 33.3 Å². The van der Waals surface area contributed by atoms with Crippen molar-refractivity contribution >= 4 is 5.91 Å². The van der Waals surface area contributed by atoms with Crippen LogP contribution in [-0.2, 0) is 9.53 Å². The van der Waals surface area contributed by atoms with Gasteiger partial charge in [-0.25, -0.2) is 0 Å². The average Bonchev–Trinajstić information content (AvgIpc) is 2.14. The smallest absolute Gasteiger partial charge is 0.268 e. The van der Waals surface area contributed by atoms with Gasteiger partial charge in [0.15, 0.2) is 5.60 Å². The summed E-state index contributed by atoms with van der Waals surface area (Å²) in [5, 5.41) is 2.70. The van der Waals surface area contributed by atoms with Crippen molar-refractivity contribution in [3.05, 3.63) is 35.8 Å². The number of morpholine rings is 1. The fourth-order valence-corrected chi connectivity index (χ4v) is 1.14. The summed E-state index contributed by atoms with van der Waals surface area (Å²) in [5.74, 6) is 0.456. The average molecular weight is 207 g/mol. The van der Waals surface area contributed by atoms with Crippen molar-refractivity contribution in [2.75, 3.05) is 0 Å². The number of rotatable bonds is 1. The lowest BCUT2D eigenvalue weighted by Crippen LogP contribution is -2.48. The van der Waals surface area contributed by atoms with Crippen LogP contribution in [0.4, 0.5) is 0 Å². The normalized spacial score (nSPS) is 23.7. The standard InChI is InChI=1S/C12H17NO2/c1-6-8(2)7-10-9(3)13-11(14)12(4,5)15-10/h6-7H,3H2,1-2,4-5H3,(H,13,14)/b8-6-,10-7+. The minimum Gasteiger partial charge on any atom is -0.476 e. The summed E-state index contributed by atoms with van der Waals surface area (Å²) in [6.07, 6.45) is 3.83. The van der Waals surface area contributed by atoms with Gasteiger partial charge in [0, 0.05) is 0 Å². The lowest BCUT2D eigenvalue weighted by atomic mass is 10.1. The molecule has 0 aromatic heterocycles. The number of hydrogen-bond acceptors (Lipinski definition) is 2. The van der Waals surface area contributed by atoms with Crippen LogP contribution < -0.4 is 5.32 Å². The van der Waals surface area contributed by atoms with Crippen LogP contribution in [0.15, 0.2) is 35.8 Å². The fraction of sp³-hybridized carbons (Fsp3) is 0.417. The van der Waals surface area contributed by atoms with Crippen molar-refractivity contribution in [3.63, 3.8) is 0 Å². The summed E-state index contributed by atoms with van der Waals surface area (Å²) in [4.78, 5) is 11.5. The van der Waals surface area contributed by atoms with Crippen LogP contribution in [-0.4, -0.2) is 11.5 Å². The van der Waals surface area contributed by atoms with E-state index in [1.54, 1.807) is 13.8 Å². The van der Waals surface area contributed by atoms with Crippen molar-refractivity contribution in [1.29, 1.82) is 0 Å². The van der Waals surface area contributed by atoms with Crippen molar-refractivity contribution in [2.24, 2.45) is 0 Å². The van der Waals surface area contributed by atoms with Gasteiger partial charge < -0.3 is 10.1 Å². The molecule has 3 nitrogen and oxygen atoms in total. The molecule has 1 aliphatic rings. The first kappa shape index (κ1) is 11.6. The van der Waals surface area contributed by atoms with Crippen molar-refractivity contribution in [3.8, 4) is 0 Å². The van der Waals surface area contributed by atoms with E-state index in [1.165, 1.54) is 0 Å². The van der Waals surface area contributed by atoms with E-state index in [2.05, 4.69) is 11.9 Å². The fourth-order valence-electron chi connectivity index (χ4n) is 1.14. The molecule has 0 bridgehead atoms. The van der Waals surface area contributed by atoms with E-state index in [-0.39, 0.29) is 5.91 Å². The predicted octanol–water partition coefficient (Wildman–Crippen LogP) is 2.28. The molecule has 1 fully saturated rings. The highest BCUT2D eigenvalue weighted by molar-refractivity contribution is 5.87. The highest BCUT2D eigenvalue weighted by Crippen LogP contribution is 2.25. The van der Waals surface area contributed by atoms with Crippen LogP contribution in [0.2, 0.25) is 0 Å². The third-order valence-corrected chi connectivity index (χ3v) is 2.29. The van der Waals surface area contributed by atoms with E-state index < -0.39 is 5.60 Å². The van der Waals surface area contributed by atoms with Crippen LogP contribution in [0.3, 0.4) is 0 Å². The molecule has 1 N–H and O–H groups in total. The Labute approximate surface area is 90.5 Å². The zero-order valence-corrected chi connectivity index (χ0v) is 9.68. The molecule has 0 unspecified atom stereocenters. The van der Waals surface area contributed by atoms with E-state index in [0.717, 1.165) is 5.57 Å². The van der Waals surface area contributed by atoms with Crippen LogP contribution in [0.25, 0.3) is 0 Å². The van der Waals surface area contributed by atoms with Gasteiger partial charge in [0.2, 0.25) is 0 Å². The third kappa shape index (κ3) is 2.49. The molecule has 0 atom stereocenters. The van der Waals surface area contributed by atoms with E-state index in [9.17, 15) is 4.79 Å². The molecule has 82 valence electrons. The minimum absolute atomic E-state index is 0.164. The number of carbonyl (C=O) groups excluding carboxylic acids is 1. The highest BCUT2D eigenvalue weighted by atomic mass is 16.5. The zero-order valence-electron chi connectivity index (χ0n) is 9.68. The Kier molecular flexibility index (Phi) is 3.03. The van der Waals surface area contributed by atoms with Crippen LogP contribution in [0.5, 0.6) is 0 Å². The predicted molar refractivity (Wildman–Crippen MR) is 60.0 cm³/mol. The summed E-state index contributed by atoms with van der Waals surface area (Å²) >= 11 is 0. The first-order chi connectivity index (χ1) is 6.86. The Hall–Kier alpha value is -1.51. The van der Waals surface area contributed by atoms with E-state index in [1.807, 2.05) is 26.0 Å². The first-order valence-corrected chi connectivity index (χ1v) is 4.91. The van der Waals surface area contributed by atoms with Gasteiger partial charge in [-0.2, -0.15) is 0 Å². The van der Waals surface area contributed by atoms with Gasteiger partial charge in [-0.1, -0.05) is 18.2 Å². The molecule has 3 heteroatoms. The first-order valence-electron chi connectivity index (χ1n) is 4.91. The van der Waals surface area contributed by atoms with Crippen LogP contribution >= 0.6 is 0 Å². The molecule has 1 saturated heterocycles. The zero-order chi connectivity index (χ0) is 11.6. The second-order valence-electron chi connectivity index (χ2n) is 4.09. The maximum atomic E-state index is 11.5. The van der Waals surface area contributed by atoms with Crippen LogP contribution in [0.1, 0.15) is 27.7 Å². The molecule has 0 aliphatic carbocycles. The summed E-state index contributed by atoms with van der Waals surface area (Å²) in [6, 6.07) is 0. The minimum atomic E-state index is -0.832. The van der Waals surface area contributed by atoms with Crippen molar-refractivity contribution < 1.29 is 9.53 Å². The van der Waals surface area contributed by atoms with Crippen molar-refractivity contribution in [1.82, 2.24) is 5.32 Å². The number of hydrogen-bond donors (Lipinski definition) is 1. The Morgan fingerprint density at radius 3 is 2.67 bits per heavy atom. The number of nitrogens with one attached hydrogen (secondary N) is 1. The SMILES string of the molecule is C=C1NC(=O)C(C)(C)O/C1=C/C(C)=C\C. The molecule has 0 saturated carbocycles. The monoisotopic (exact) mass is 207 g/mol. The molecule has 1 rings (SSSR count). The highest BCUT2D eigenvalue weighted by Gasteiger charge is 2.36. The Morgan fingerprint density at radius 2 is 2.13 bits per heavy atom. The molecule has 1 heterocycles. The lowest BCUT2D eigenvalue weighted by Gasteiger charge is -2.33. The molecule has 0 aromatic rings. The van der Waals surface area contributed by atoms with Gasteiger partial charge in [-0.3, -0.25) is 4.79 Å². The largest absolute Gasteiger partial charge is 0.476 e. The van der Waals surface area contributed by atoms with E-state index in [4.69, 9.17) is 4.74 Å². The summed E-state index contributed by atoms with van der Waals surface area (Å²) in [5.41, 5.74) is 0.750. The molecule has 0 spiro atoms. The molecular weight excluding hydrogens is 190 g/mol. The Morgan fingerprint density at radius 1 is 1.53 bits per heavy atom.